The smallest absolute Gasteiger partial charge is 0.338 e. The number of nitrogens with one attached hydrogen (secondary N) is 1. The van der Waals surface area contributed by atoms with Crippen molar-refractivity contribution in [1.29, 1.82) is 0 Å². The van der Waals surface area contributed by atoms with Gasteiger partial charge in [-0.15, -0.1) is 10.2 Å². The fourth-order valence-electron chi connectivity index (χ4n) is 1.68. The van der Waals surface area contributed by atoms with Crippen LogP contribution in [0.5, 0.6) is 0 Å². The van der Waals surface area contributed by atoms with E-state index in [4.69, 9.17) is 5.73 Å². The molecule has 0 fully saturated rings. The second-order valence-electron chi connectivity index (χ2n) is 4.23. The lowest BCUT2D eigenvalue weighted by molar-refractivity contribution is -0.384. The fourth-order valence-corrected chi connectivity index (χ4v) is 2.23. The molecule has 2 aromatic rings. The molecule has 0 aliphatic rings. The molecule has 120 valence electrons. The first-order valence-corrected chi connectivity index (χ1v) is 6.96. The molecule has 2 rings (SSSR count). The van der Waals surface area contributed by atoms with Crippen LogP contribution in [-0.2, 0) is 11.3 Å². The number of amides is 1. The van der Waals surface area contributed by atoms with Crippen LogP contribution in [0.3, 0.4) is 0 Å². The van der Waals surface area contributed by atoms with E-state index in [1.165, 1.54) is 6.07 Å². The van der Waals surface area contributed by atoms with E-state index in [0.29, 0.717) is 5.01 Å². The molecule has 1 aromatic carbocycles. The molecule has 1 amide bonds. The zero-order valence-corrected chi connectivity index (χ0v) is 12.6. The highest BCUT2D eigenvalue weighted by Crippen LogP contribution is 2.18. The van der Waals surface area contributed by atoms with Gasteiger partial charge in [0.15, 0.2) is 0 Å². The van der Waals surface area contributed by atoms with E-state index in [2.05, 4.69) is 20.3 Å². The molecule has 1 aromatic heterocycles. The third-order valence-electron chi connectivity index (χ3n) is 2.69. The van der Waals surface area contributed by atoms with Gasteiger partial charge in [0.05, 0.1) is 24.1 Å². The van der Waals surface area contributed by atoms with Crippen LogP contribution in [0.1, 0.15) is 25.7 Å². The molecule has 0 aliphatic heterocycles. The summed E-state index contributed by atoms with van der Waals surface area (Å²) in [6.07, 6.45) is 0. The number of nitro groups is 1. The topological polar surface area (TPSA) is 150 Å². The van der Waals surface area contributed by atoms with Crippen molar-refractivity contribution in [3.63, 3.8) is 0 Å². The van der Waals surface area contributed by atoms with Crippen LogP contribution in [0.4, 0.5) is 10.8 Å². The van der Waals surface area contributed by atoms with Gasteiger partial charge < -0.3 is 15.8 Å². The van der Waals surface area contributed by atoms with Crippen LogP contribution >= 0.6 is 11.3 Å². The second-order valence-corrected chi connectivity index (χ2v) is 5.33. The summed E-state index contributed by atoms with van der Waals surface area (Å²) in [7, 11) is 1.14. The summed E-state index contributed by atoms with van der Waals surface area (Å²) in [6, 6.07) is 3.31. The van der Waals surface area contributed by atoms with E-state index in [1.807, 2.05) is 0 Å². The number of hydrogen-bond acceptors (Lipinski definition) is 9. The lowest BCUT2D eigenvalue weighted by atomic mass is 10.1. The van der Waals surface area contributed by atoms with Crippen molar-refractivity contribution in [2.75, 3.05) is 12.8 Å². The maximum Gasteiger partial charge on any atom is 0.338 e. The van der Waals surface area contributed by atoms with Gasteiger partial charge in [0.2, 0.25) is 5.13 Å². The van der Waals surface area contributed by atoms with E-state index < -0.39 is 22.5 Å². The van der Waals surface area contributed by atoms with Gasteiger partial charge >= 0.3 is 5.97 Å². The number of ether oxygens (including phenoxy) is 1. The van der Waals surface area contributed by atoms with Crippen LogP contribution in [0.25, 0.3) is 0 Å². The van der Waals surface area contributed by atoms with Gasteiger partial charge in [-0.25, -0.2) is 4.79 Å². The zero-order valence-electron chi connectivity index (χ0n) is 11.8. The molecule has 0 atom stereocenters. The number of benzene rings is 1. The molecule has 11 heteroatoms. The van der Waals surface area contributed by atoms with Gasteiger partial charge in [-0.1, -0.05) is 11.3 Å². The van der Waals surface area contributed by atoms with Gasteiger partial charge in [0.1, 0.15) is 5.01 Å². The van der Waals surface area contributed by atoms with E-state index in [-0.39, 0.29) is 22.8 Å². The van der Waals surface area contributed by atoms with Crippen molar-refractivity contribution in [1.82, 2.24) is 15.5 Å². The summed E-state index contributed by atoms with van der Waals surface area (Å²) in [5.74, 6) is -1.38. The molecule has 0 saturated heterocycles. The first-order valence-electron chi connectivity index (χ1n) is 6.14. The van der Waals surface area contributed by atoms with Gasteiger partial charge in [0, 0.05) is 17.7 Å². The summed E-state index contributed by atoms with van der Waals surface area (Å²) in [4.78, 5) is 33.9. The Morgan fingerprint density at radius 2 is 2.04 bits per heavy atom. The maximum absolute atomic E-state index is 12.1. The molecular weight excluding hydrogens is 326 g/mol. The monoisotopic (exact) mass is 337 g/mol. The fraction of sp³-hybridized carbons (Fsp3) is 0.167. The van der Waals surface area contributed by atoms with Crippen molar-refractivity contribution in [2.45, 2.75) is 6.54 Å². The number of carbonyl (C=O) groups excluding carboxylic acids is 2. The summed E-state index contributed by atoms with van der Waals surface area (Å²) in [6.45, 7) is 0.0595. The lowest BCUT2D eigenvalue weighted by Gasteiger charge is -2.05. The summed E-state index contributed by atoms with van der Waals surface area (Å²) < 4.78 is 4.51. The second kappa shape index (κ2) is 6.79. The number of rotatable bonds is 5. The van der Waals surface area contributed by atoms with Crippen molar-refractivity contribution in [2.24, 2.45) is 0 Å². The molecule has 1 heterocycles. The highest BCUT2D eigenvalue weighted by molar-refractivity contribution is 7.15. The maximum atomic E-state index is 12.1. The number of methoxy groups -OCH3 is 1. The number of aromatic nitrogens is 2. The van der Waals surface area contributed by atoms with Crippen molar-refractivity contribution < 1.29 is 19.2 Å². The standard InChI is InChI=1S/C12H11N5O5S/c1-22-11(19)7-2-6(3-8(4-7)17(20)21)10(18)14-5-9-15-16-12(13)23-9/h2-4H,5H2,1H3,(H2,13,16)(H,14,18). The Balaban J connectivity index is 2.22. The quantitative estimate of drug-likeness (QED) is 0.461. The normalized spacial score (nSPS) is 10.1. The number of non-ortho nitro benzene ring substituents is 1. The molecule has 0 spiro atoms. The molecule has 0 bridgehead atoms. The number of hydrogen-bond donors (Lipinski definition) is 2. The van der Waals surface area contributed by atoms with E-state index in [9.17, 15) is 19.7 Å². The van der Waals surface area contributed by atoms with Gasteiger partial charge in [-0.2, -0.15) is 0 Å². The number of nitrogens with zero attached hydrogens (tertiary/aromatic N) is 3. The van der Waals surface area contributed by atoms with Crippen molar-refractivity contribution >= 4 is 34.0 Å². The molecule has 0 unspecified atom stereocenters. The molecule has 0 aliphatic carbocycles. The first kappa shape index (κ1) is 16.3. The summed E-state index contributed by atoms with van der Waals surface area (Å²) in [5, 5.41) is 21.5. The Bertz CT molecular complexity index is 775. The number of nitro benzene ring substituents is 1. The molecular formula is C12H11N5O5S. The van der Waals surface area contributed by atoms with Crippen LogP contribution in [-0.4, -0.2) is 34.1 Å². The Labute approximate surface area is 133 Å². The Hall–Kier alpha value is -3.08. The molecule has 0 saturated carbocycles. The molecule has 3 N–H and O–H groups in total. The number of carbonyl (C=O) groups is 2. The highest BCUT2D eigenvalue weighted by atomic mass is 32.1. The van der Waals surface area contributed by atoms with E-state index in [1.54, 1.807) is 0 Å². The molecule has 23 heavy (non-hydrogen) atoms. The van der Waals surface area contributed by atoms with Gasteiger partial charge in [-0.3, -0.25) is 14.9 Å². The minimum Gasteiger partial charge on any atom is -0.465 e. The Morgan fingerprint density at radius 3 is 2.61 bits per heavy atom. The number of nitrogens with two attached hydrogens (primary N) is 1. The zero-order chi connectivity index (χ0) is 17.0. The minimum atomic E-state index is -0.778. The van der Waals surface area contributed by atoms with Gasteiger partial charge in [-0.05, 0) is 6.07 Å². The Kier molecular flexibility index (Phi) is 4.81. The average molecular weight is 337 g/mol. The van der Waals surface area contributed by atoms with Crippen LogP contribution < -0.4 is 11.1 Å². The molecule has 10 nitrogen and oxygen atoms in total. The van der Waals surface area contributed by atoms with Gasteiger partial charge in [0.25, 0.3) is 11.6 Å². The number of anilines is 1. The Morgan fingerprint density at radius 1 is 1.35 bits per heavy atom. The van der Waals surface area contributed by atoms with Crippen molar-refractivity contribution in [3.05, 3.63) is 44.4 Å². The van der Waals surface area contributed by atoms with Crippen LogP contribution in [0.2, 0.25) is 0 Å². The summed E-state index contributed by atoms with van der Waals surface area (Å²) >= 11 is 1.10. The number of esters is 1. The lowest BCUT2D eigenvalue weighted by Crippen LogP contribution is -2.23. The highest BCUT2D eigenvalue weighted by Gasteiger charge is 2.18. The first-order chi connectivity index (χ1) is 10.9. The third kappa shape index (κ3) is 3.97. The third-order valence-corrected chi connectivity index (χ3v) is 3.45. The largest absolute Gasteiger partial charge is 0.465 e. The van der Waals surface area contributed by atoms with Crippen LogP contribution in [0, 0.1) is 10.1 Å². The SMILES string of the molecule is COC(=O)c1cc(C(=O)NCc2nnc(N)s2)cc([N+](=O)[O-])c1. The predicted molar refractivity (Wildman–Crippen MR) is 79.9 cm³/mol. The summed E-state index contributed by atoms with van der Waals surface area (Å²) in [5.41, 5.74) is 4.90. The van der Waals surface area contributed by atoms with E-state index >= 15 is 0 Å². The number of nitrogen functional groups attached to an aromatic ring is 1. The predicted octanol–water partition coefficient (Wildman–Crippen LogP) is 0.745. The van der Waals surface area contributed by atoms with E-state index in [0.717, 1.165) is 30.6 Å². The van der Waals surface area contributed by atoms with Crippen LogP contribution in [0.15, 0.2) is 18.2 Å². The molecule has 0 radical (unpaired) electrons. The average Bonchev–Trinajstić information content (AvgIpc) is 2.96. The van der Waals surface area contributed by atoms with Crippen molar-refractivity contribution in [3.8, 4) is 0 Å². The minimum absolute atomic E-state index is 0.0444.